The fourth-order valence-electron chi connectivity index (χ4n) is 2.72. The van der Waals surface area contributed by atoms with E-state index in [9.17, 15) is 4.79 Å². The van der Waals surface area contributed by atoms with Gasteiger partial charge in [0.05, 0.1) is 18.8 Å². The van der Waals surface area contributed by atoms with E-state index in [4.69, 9.17) is 4.99 Å². The maximum Gasteiger partial charge on any atom is 0.224 e. The topological polar surface area (TPSA) is 77.8 Å². The smallest absolute Gasteiger partial charge is 0.224 e. The predicted molar refractivity (Wildman–Crippen MR) is 106 cm³/mol. The van der Waals surface area contributed by atoms with Crippen LogP contribution in [0.3, 0.4) is 0 Å². The lowest BCUT2D eigenvalue weighted by atomic mass is 10.1. The van der Waals surface area contributed by atoms with Crippen molar-refractivity contribution >= 4 is 11.9 Å². The number of amides is 1. The number of carbonyl (C=O) groups excluding carboxylic acids is 1. The maximum absolute atomic E-state index is 12.1. The molecule has 8 heteroatoms. The van der Waals surface area contributed by atoms with Crippen LogP contribution in [0.5, 0.6) is 0 Å². The molecule has 0 fully saturated rings. The highest BCUT2D eigenvalue weighted by Crippen LogP contribution is 2.17. The minimum absolute atomic E-state index is 0.150. The number of hydrogen-bond acceptors (Lipinski definition) is 4. The molecule has 1 unspecified atom stereocenters. The minimum Gasteiger partial charge on any atom is -0.357 e. The third-order valence-electron chi connectivity index (χ3n) is 4.25. The molecular weight excluding hydrogens is 330 g/mol. The molecule has 1 rings (SSSR count). The van der Waals surface area contributed by atoms with E-state index in [1.807, 2.05) is 59.2 Å². The van der Waals surface area contributed by atoms with E-state index < -0.39 is 0 Å². The van der Waals surface area contributed by atoms with Crippen LogP contribution in [0.25, 0.3) is 0 Å². The maximum atomic E-state index is 12.1. The minimum atomic E-state index is 0.150. The molecule has 1 atom stereocenters. The fourth-order valence-corrected chi connectivity index (χ4v) is 2.72. The summed E-state index contributed by atoms with van der Waals surface area (Å²) in [7, 11) is 5.99. The molecule has 0 spiro atoms. The Morgan fingerprint density at radius 3 is 2.46 bits per heavy atom. The van der Waals surface area contributed by atoms with Crippen LogP contribution in [-0.2, 0) is 11.8 Å². The molecule has 2 N–H and O–H groups in total. The molecule has 26 heavy (non-hydrogen) atoms. The van der Waals surface area contributed by atoms with Gasteiger partial charge in [-0.1, -0.05) is 0 Å². The Kier molecular flexibility index (Phi) is 9.72. The highest BCUT2D eigenvalue weighted by Gasteiger charge is 2.16. The van der Waals surface area contributed by atoms with Gasteiger partial charge in [-0.25, -0.2) is 0 Å². The Balaban J connectivity index is 2.65. The average Bonchev–Trinajstić information content (AvgIpc) is 3.02. The van der Waals surface area contributed by atoms with Gasteiger partial charge in [-0.05, 0) is 34.9 Å². The first-order chi connectivity index (χ1) is 12.4. The van der Waals surface area contributed by atoms with Crippen LogP contribution in [0.4, 0.5) is 0 Å². The number of guanidine groups is 1. The zero-order valence-corrected chi connectivity index (χ0v) is 17.1. The Hall–Kier alpha value is -2.09. The quantitative estimate of drug-likeness (QED) is 0.474. The summed E-state index contributed by atoms with van der Waals surface area (Å²) in [6.07, 6.45) is 4.36. The number of hydrogen-bond donors (Lipinski definition) is 2. The van der Waals surface area contributed by atoms with Crippen molar-refractivity contribution < 1.29 is 4.79 Å². The van der Waals surface area contributed by atoms with E-state index in [2.05, 4.69) is 20.6 Å². The first kappa shape index (κ1) is 22.0. The molecule has 0 aliphatic heterocycles. The van der Waals surface area contributed by atoms with Crippen LogP contribution < -0.4 is 10.6 Å². The molecule has 8 nitrogen and oxygen atoms in total. The summed E-state index contributed by atoms with van der Waals surface area (Å²) >= 11 is 0. The first-order valence-corrected chi connectivity index (χ1v) is 9.37. The lowest BCUT2D eigenvalue weighted by Gasteiger charge is -2.22. The zero-order valence-electron chi connectivity index (χ0n) is 17.1. The number of carbonyl (C=O) groups is 1. The molecule has 0 radical (unpaired) electrons. The second-order valence-corrected chi connectivity index (χ2v) is 6.39. The van der Waals surface area contributed by atoms with E-state index in [1.54, 1.807) is 4.68 Å². The van der Waals surface area contributed by atoms with E-state index in [0.29, 0.717) is 19.5 Å². The number of rotatable bonds is 10. The summed E-state index contributed by atoms with van der Waals surface area (Å²) in [6.45, 7) is 9.48. The molecule has 0 aromatic carbocycles. The number of aryl methyl sites for hydroxylation is 1. The largest absolute Gasteiger partial charge is 0.357 e. The van der Waals surface area contributed by atoms with E-state index in [1.165, 1.54) is 0 Å². The van der Waals surface area contributed by atoms with Crippen molar-refractivity contribution in [1.29, 1.82) is 0 Å². The molecular formula is C18H35N7O. The Labute approximate surface area is 157 Å². The molecule has 0 aliphatic carbocycles. The molecule has 0 aliphatic rings. The lowest BCUT2D eigenvalue weighted by molar-refractivity contribution is -0.130. The van der Waals surface area contributed by atoms with Crippen molar-refractivity contribution in [3.8, 4) is 0 Å². The van der Waals surface area contributed by atoms with Gasteiger partial charge in [0.15, 0.2) is 5.96 Å². The van der Waals surface area contributed by atoms with Crippen LogP contribution in [-0.4, -0.2) is 78.3 Å². The zero-order chi connectivity index (χ0) is 19.5. The van der Waals surface area contributed by atoms with Crippen molar-refractivity contribution in [1.82, 2.24) is 30.2 Å². The number of aliphatic imine (C=N–C) groups is 1. The summed E-state index contributed by atoms with van der Waals surface area (Å²) in [5.74, 6) is 0.899. The van der Waals surface area contributed by atoms with E-state index in [-0.39, 0.29) is 11.9 Å². The van der Waals surface area contributed by atoms with Gasteiger partial charge in [-0.2, -0.15) is 5.10 Å². The second-order valence-electron chi connectivity index (χ2n) is 6.39. The first-order valence-electron chi connectivity index (χ1n) is 9.37. The second kappa shape index (κ2) is 11.5. The summed E-state index contributed by atoms with van der Waals surface area (Å²) in [6, 6.07) is 0.150. The van der Waals surface area contributed by atoms with Gasteiger partial charge >= 0.3 is 0 Å². The van der Waals surface area contributed by atoms with Crippen molar-refractivity contribution in [3.63, 3.8) is 0 Å². The molecule has 1 aromatic rings. The predicted octanol–water partition coefficient (Wildman–Crippen LogP) is 0.836. The van der Waals surface area contributed by atoms with Gasteiger partial charge in [-0.15, -0.1) is 0 Å². The lowest BCUT2D eigenvalue weighted by Crippen LogP contribution is -2.40. The summed E-state index contributed by atoms with van der Waals surface area (Å²) in [4.78, 5) is 20.8. The van der Waals surface area contributed by atoms with Gasteiger partial charge in [0.25, 0.3) is 0 Å². The molecule has 0 saturated carbocycles. The van der Waals surface area contributed by atoms with Gasteiger partial charge in [0.2, 0.25) is 5.91 Å². The normalized spacial score (nSPS) is 13.0. The van der Waals surface area contributed by atoms with Crippen LogP contribution in [0.2, 0.25) is 0 Å². The number of nitrogens with zero attached hydrogens (tertiary/aromatic N) is 5. The third kappa shape index (κ3) is 7.03. The third-order valence-corrected chi connectivity index (χ3v) is 4.25. The molecule has 148 valence electrons. The summed E-state index contributed by atoms with van der Waals surface area (Å²) in [5, 5.41) is 10.7. The van der Waals surface area contributed by atoms with Crippen LogP contribution in [0, 0.1) is 0 Å². The van der Waals surface area contributed by atoms with Crippen molar-refractivity contribution in [3.05, 3.63) is 18.0 Å². The average molecular weight is 366 g/mol. The SMILES string of the molecule is CCNC(=NCC(c1cnn(C)c1)N(C)C)NCCC(=O)N(CC)CC. The number of aromatic nitrogens is 2. The summed E-state index contributed by atoms with van der Waals surface area (Å²) in [5.41, 5.74) is 1.13. The Bertz CT molecular complexity index is 564. The van der Waals surface area contributed by atoms with Crippen LogP contribution in [0.1, 0.15) is 38.8 Å². The number of nitrogens with one attached hydrogen (secondary N) is 2. The standard InChI is InChI=1S/C18H35N7O/c1-7-19-18(20-11-10-17(26)25(8-2)9-3)21-13-16(23(4)5)15-12-22-24(6)14-15/h12,14,16H,7-11,13H2,1-6H3,(H2,19,20,21). The molecule has 0 bridgehead atoms. The molecule has 1 aromatic heterocycles. The monoisotopic (exact) mass is 365 g/mol. The molecule has 1 heterocycles. The highest BCUT2D eigenvalue weighted by atomic mass is 16.2. The fraction of sp³-hybridized carbons (Fsp3) is 0.722. The Morgan fingerprint density at radius 2 is 1.96 bits per heavy atom. The molecule has 1 amide bonds. The van der Waals surface area contributed by atoms with Gasteiger partial charge < -0.3 is 20.4 Å². The van der Waals surface area contributed by atoms with Gasteiger partial charge in [-0.3, -0.25) is 14.5 Å². The van der Waals surface area contributed by atoms with Crippen LogP contribution in [0.15, 0.2) is 17.4 Å². The molecule has 0 saturated heterocycles. The van der Waals surface area contributed by atoms with E-state index >= 15 is 0 Å². The summed E-state index contributed by atoms with van der Waals surface area (Å²) < 4.78 is 1.80. The highest BCUT2D eigenvalue weighted by molar-refractivity contribution is 5.81. The van der Waals surface area contributed by atoms with E-state index in [0.717, 1.165) is 31.2 Å². The van der Waals surface area contributed by atoms with Crippen molar-refractivity contribution in [2.75, 3.05) is 46.8 Å². The van der Waals surface area contributed by atoms with Crippen molar-refractivity contribution in [2.24, 2.45) is 12.0 Å². The number of likely N-dealkylation sites (N-methyl/N-ethyl adjacent to an activating group) is 1. The van der Waals surface area contributed by atoms with Gasteiger partial charge in [0.1, 0.15) is 0 Å². The van der Waals surface area contributed by atoms with Gasteiger partial charge in [0, 0.05) is 51.4 Å². The Morgan fingerprint density at radius 1 is 1.27 bits per heavy atom. The van der Waals surface area contributed by atoms with Crippen LogP contribution >= 0.6 is 0 Å². The van der Waals surface area contributed by atoms with Crippen molar-refractivity contribution in [2.45, 2.75) is 33.2 Å².